The number of anilines is 1. The summed E-state index contributed by atoms with van der Waals surface area (Å²) in [7, 11) is -3.53. The van der Waals surface area contributed by atoms with Crippen LogP contribution in [0.15, 0.2) is 47.4 Å². The summed E-state index contributed by atoms with van der Waals surface area (Å²) >= 11 is 2.00. The fourth-order valence-corrected chi connectivity index (χ4v) is 6.10. The van der Waals surface area contributed by atoms with Gasteiger partial charge in [0, 0.05) is 55.5 Å². The first-order chi connectivity index (χ1) is 14.8. The Hall–Kier alpha value is -1.87. The van der Waals surface area contributed by atoms with Crippen LogP contribution in [0.2, 0.25) is 0 Å². The maximum Gasteiger partial charge on any atom is 0.255 e. The molecule has 0 unspecified atom stereocenters. The highest BCUT2D eigenvalue weighted by Gasteiger charge is 2.21. The SMILES string of the molecule is CCN(CC)S(=O)(=O)c1ccc(C(=O)Nc2ccc(CN3CCSCC3)cc2C)cc1. The summed E-state index contributed by atoms with van der Waals surface area (Å²) in [6.45, 7) is 9.58. The molecule has 1 amide bonds. The van der Waals surface area contributed by atoms with Crippen LogP contribution in [0.5, 0.6) is 0 Å². The number of nitrogens with one attached hydrogen (secondary N) is 1. The third-order valence-electron chi connectivity index (χ3n) is 5.51. The first kappa shape index (κ1) is 23.8. The van der Waals surface area contributed by atoms with Crippen LogP contribution < -0.4 is 5.32 Å². The molecule has 0 radical (unpaired) electrons. The van der Waals surface area contributed by atoms with Crippen LogP contribution in [0.4, 0.5) is 5.69 Å². The van der Waals surface area contributed by atoms with E-state index in [-0.39, 0.29) is 10.8 Å². The Balaban J connectivity index is 1.67. The Morgan fingerprint density at radius 2 is 1.71 bits per heavy atom. The van der Waals surface area contributed by atoms with Crippen LogP contribution in [-0.2, 0) is 16.6 Å². The number of rotatable bonds is 8. The van der Waals surface area contributed by atoms with Crippen molar-refractivity contribution in [2.75, 3.05) is 43.0 Å². The van der Waals surface area contributed by atoms with Crippen LogP contribution in [0, 0.1) is 6.92 Å². The monoisotopic (exact) mass is 461 g/mol. The van der Waals surface area contributed by atoms with E-state index in [4.69, 9.17) is 0 Å². The van der Waals surface area contributed by atoms with E-state index in [1.54, 1.807) is 12.1 Å². The molecule has 0 aliphatic carbocycles. The summed E-state index contributed by atoms with van der Waals surface area (Å²) < 4.78 is 26.6. The fraction of sp³-hybridized carbons (Fsp3) is 0.435. The van der Waals surface area contributed by atoms with Gasteiger partial charge in [0.15, 0.2) is 0 Å². The number of aryl methyl sites for hydroxylation is 1. The average Bonchev–Trinajstić information content (AvgIpc) is 2.77. The van der Waals surface area contributed by atoms with Gasteiger partial charge >= 0.3 is 0 Å². The molecule has 1 aliphatic heterocycles. The van der Waals surface area contributed by atoms with E-state index in [0.29, 0.717) is 18.7 Å². The standard InChI is InChI=1S/C23H31N3O3S2/c1-4-26(5-2)31(28,29)21-9-7-20(8-10-21)23(27)24-22-11-6-19(16-18(22)3)17-25-12-14-30-15-13-25/h6-11,16H,4-5,12-15,17H2,1-3H3,(H,24,27). The average molecular weight is 462 g/mol. The second kappa shape index (κ2) is 10.6. The Bertz CT molecular complexity index is 997. The molecule has 2 aromatic rings. The molecule has 1 fully saturated rings. The predicted molar refractivity (Wildman–Crippen MR) is 128 cm³/mol. The molecule has 0 aromatic heterocycles. The van der Waals surface area contributed by atoms with Crippen LogP contribution in [0.25, 0.3) is 0 Å². The van der Waals surface area contributed by atoms with E-state index in [9.17, 15) is 13.2 Å². The van der Waals surface area contributed by atoms with Gasteiger partial charge in [0.05, 0.1) is 4.90 Å². The Morgan fingerprint density at radius 3 is 2.29 bits per heavy atom. The number of amides is 1. The molecule has 0 atom stereocenters. The van der Waals surface area contributed by atoms with Crippen molar-refractivity contribution in [3.05, 3.63) is 59.2 Å². The van der Waals surface area contributed by atoms with Gasteiger partial charge < -0.3 is 5.32 Å². The first-order valence-corrected chi connectivity index (χ1v) is 13.3. The number of benzene rings is 2. The molecule has 1 N–H and O–H groups in total. The molecular formula is C23H31N3O3S2. The highest BCUT2D eigenvalue weighted by Crippen LogP contribution is 2.21. The third-order valence-corrected chi connectivity index (χ3v) is 8.52. The molecule has 31 heavy (non-hydrogen) atoms. The quantitative estimate of drug-likeness (QED) is 0.647. The van der Waals surface area contributed by atoms with Crippen molar-refractivity contribution in [3.8, 4) is 0 Å². The van der Waals surface area contributed by atoms with Gasteiger partial charge in [-0.3, -0.25) is 9.69 Å². The molecule has 0 spiro atoms. The Labute approximate surface area is 190 Å². The van der Waals surface area contributed by atoms with Gasteiger partial charge in [0.1, 0.15) is 0 Å². The molecule has 1 aliphatic rings. The zero-order valence-electron chi connectivity index (χ0n) is 18.4. The van der Waals surface area contributed by atoms with Gasteiger partial charge in [-0.1, -0.05) is 26.0 Å². The van der Waals surface area contributed by atoms with Crippen LogP contribution in [-0.4, -0.2) is 61.2 Å². The maximum atomic E-state index is 12.7. The summed E-state index contributed by atoms with van der Waals surface area (Å²) in [6.07, 6.45) is 0. The number of sulfonamides is 1. The lowest BCUT2D eigenvalue weighted by molar-refractivity contribution is 0.102. The summed E-state index contributed by atoms with van der Waals surface area (Å²) in [5.41, 5.74) is 3.45. The lowest BCUT2D eigenvalue weighted by Crippen LogP contribution is -2.31. The van der Waals surface area contributed by atoms with Gasteiger partial charge in [-0.2, -0.15) is 16.1 Å². The van der Waals surface area contributed by atoms with Crippen molar-refractivity contribution in [3.63, 3.8) is 0 Å². The fourth-order valence-electron chi connectivity index (χ4n) is 3.67. The smallest absolute Gasteiger partial charge is 0.255 e. The molecule has 168 valence electrons. The van der Waals surface area contributed by atoms with Crippen molar-refractivity contribution in [2.45, 2.75) is 32.2 Å². The summed E-state index contributed by atoms with van der Waals surface area (Å²) in [4.78, 5) is 15.3. The normalized spacial score (nSPS) is 15.2. The number of nitrogens with zero attached hydrogens (tertiary/aromatic N) is 2. The minimum absolute atomic E-state index is 0.199. The molecule has 8 heteroatoms. The van der Waals surface area contributed by atoms with Crippen molar-refractivity contribution in [1.82, 2.24) is 9.21 Å². The van der Waals surface area contributed by atoms with E-state index < -0.39 is 10.0 Å². The Morgan fingerprint density at radius 1 is 1.06 bits per heavy atom. The molecule has 6 nitrogen and oxygen atoms in total. The van der Waals surface area contributed by atoms with Crippen LogP contribution in [0.1, 0.15) is 35.3 Å². The number of carbonyl (C=O) groups is 1. The van der Waals surface area contributed by atoms with Crippen molar-refractivity contribution < 1.29 is 13.2 Å². The van der Waals surface area contributed by atoms with E-state index in [1.807, 2.05) is 38.6 Å². The zero-order chi connectivity index (χ0) is 22.4. The predicted octanol–water partition coefficient (Wildman–Crippen LogP) is 3.83. The molecular weight excluding hydrogens is 430 g/mol. The van der Waals surface area contributed by atoms with E-state index in [0.717, 1.165) is 30.9 Å². The molecule has 0 saturated carbocycles. The van der Waals surface area contributed by atoms with Crippen LogP contribution >= 0.6 is 11.8 Å². The highest BCUT2D eigenvalue weighted by atomic mass is 32.2. The molecule has 1 saturated heterocycles. The second-order valence-corrected chi connectivity index (χ2v) is 10.8. The van der Waals surface area contributed by atoms with Crippen molar-refractivity contribution in [2.24, 2.45) is 0 Å². The third kappa shape index (κ3) is 5.88. The van der Waals surface area contributed by atoms with Gasteiger partial charge in [0.2, 0.25) is 10.0 Å². The minimum atomic E-state index is -3.53. The summed E-state index contributed by atoms with van der Waals surface area (Å²) in [6, 6.07) is 12.2. The lowest BCUT2D eigenvalue weighted by atomic mass is 10.1. The number of hydrogen-bond donors (Lipinski definition) is 1. The molecule has 0 bridgehead atoms. The van der Waals surface area contributed by atoms with Gasteiger partial charge in [-0.25, -0.2) is 8.42 Å². The van der Waals surface area contributed by atoms with Gasteiger partial charge in [-0.15, -0.1) is 0 Å². The Kier molecular flexibility index (Phi) is 8.16. The number of carbonyl (C=O) groups excluding carboxylic acids is 1. The van der Waals surface area contributed by atoms with Crippen LogP contribution in [0.3, 0.4) is 0 Å². The molecule has 3 rings (SSSR count). The van der Waals surface area contributed by atoms with E-state index in [2.05, 4.69) is 22.3 Å². The molecule has 1 heterocycles. The number of thioether (sulfide) groups is 1. The maximum absolute atomic E-state index is 12.7. The van der Waals surface area contributed by atoms with Gasteiger partial charge in [0.25, 0.3) is 5.91 Å². The first-order valence-electron chi connectivity index (χ1n) is 10.7. The topological polar surface area (TPSA) is 69.7 Å². The van der Waals surface area contributed by atoms with Crippen molar-refractivity contribution in [1.29, 1.82) is 0 Å². The largest absolute Gasteiger partial charge is 0.322 e. The second-order valence-electron chi connectivity index (χ2n) is 7.61. The van der Waals surface area contributed by atoms with E-state index in [1.165, 1.54) is 33.5 Å². The van der Waals surface area contributed by atoms with Gasteiger partial charge in [-0.05, 0) is 48.4 Å². The number of hydrogen-bond acceptors (Lipinski definition) is 5. The summed E-state index contributed by atoms with van der Waals surface area (Å²) in [5, 5.41) is 2.94. The highest BCUT2D eigenvalue weighted by molar-refractivity contribution is 7.99. The lowest BCUT2D eigenvalue weighted by Gasteiger charge is -2.26. The minimum Gasteiger partial charge on any atom is -0.322 e. The zero-order valence-corrected chi connectivity index (χ0v) is 20.1. The molecule has 2 aromatic carbocycles. The van der Waals surface area contributed by atoms with E-state index >= 15 is 0 Å². The van der Waals surface area contributed by atoms with Crippen molar-refractivity contribution >= 4 is 33.4 Å². The summed E-state index contributed by atoms with van der Waals surface area (Å²) in [5.74, 6) is 2.11.